The molecule has 0 amide bonds. The molecule has 0 aromatic heterocycles. The molecule has 0 bridgehead atoms. The van der Waals surface area contributed by atoms with Crippen molar-refractivity contribution in [1.82, 2.24) is 26.8 Å². The molecule has 6 nitrogen and oxygen atoms in total. The van der Waals surface area contributed by atoms with Crippen molar-refractivity contribution in [2.24, 2.45) is 4.99 Å². The van der Waals surface area contributed by atoms with Crippen molar-refractivity contribution in [3.63, 3.8) is 0 Å². The van der Waals surface area contributed by atoms with Crippen molar-refractivity contribution < 1.29 is 0 Å². The third-order valence-corrected chi connectivity index (χ3v) is 1.47. The van der Waals surface area contributed by atoms with Crippen LogP contribution in [0.5, 0.6) is 0 Å². The van der Waals surface area contributed by atoms with Crippen LogP contribution in [0, 0.1) is 0 Å². The molecule has 0 radical (unpaired) electrons. The molecule has 6 heteroatoms. The van der Waals surface area contributed by atoms with Crippen molar-refractivity contribution in [1.29, 1.82) is 0 Å². The number of amidine groups is 1. The van der Waals surface area contributed by atoms with Gasteiger partial charge in [0.1, 0.15) is 11.7 Å². The second-order valence-corrected chi connectivity index (χ2v) is 2.20. The fraction of sp³-hybridized carbons (Fsp3) is 0.500. The first-order valence-corrected chi connectivity index (χ1v) is 3.67. The van der Waals surface area contributed by atoms with E-state index in [1.165, 1.54) is 0 Å². The second-order valence-electron chi connectivity index (χ2n) is 2.20. The van der Waals surface area contributed by atoms with E-state index in [9.17, 15) is 0 Å². The van der Waals surface area contributed by atoms with Crippen LogP contribution in [-0.4, -0.2) is 32.2 Å². The number of hydrogen-bond donors (Lipinski definition) is 4. The zero-order chi connectivity index (χ0) is 8.97. The van der Waals surface area contributed by atoms with E-state index in [-0.39, 0.29) is 0 Å². The van der Waals surface area contributed by atoms with Crippen LogP contribution in [-0.2, 0) is 0 Å². The van der Waals surface area contributed by atoms with Crippen molar-refractivity contribution in [2.45, 2.75) is 0 Å². The van der Waals surface area contributed by atoms with Gasteiger partial charge in [-0.1, -0.05) is 5.23 Å². The number of nitrogens with one attached hydrogen (secondary N) is 4. The van der Waals surface area contributed by atoms with Gasteiger partial charge in [0, 0.05) is 27.2 Å². The summed E-state index contributed by atoms with van der Waals surface area (Å²) in [5.41, 5.74) is 8.84. The lowest BCUT2D eigenvalue weighted by atomic mass is 10.5. The predicted molar refractivity (Wildman–Crippen MR) is 47.7 cm³/mol. The lowest BCUT2D eigenvalue weighted by Gasteiger charge is -2.29. The molecule has 0 aliphatic carbocycles. The highest BCUT2D eigenvalue weighted by atomic mass is 15.9. The lowest BCUT2D eigenvalue weighted by molar-refractivity contribution is 0.104. The van der Waals surface area contributed by atoms with Gasteiger partial charge < -0.3 is 5.32 Å². The van der Waals surface area contributed by atoms with Crippen LogP contribution in [0.15, 0.2) is 16.9 Å². The summed E-state index contributed by atoms with van der Waals surface area (Å²) in [5, 5.41) is 4.59. The minimum absolute atomic E-state index is 0.785. The van der Waals surface area contributed by atoms with E-state index in [4.69, 9.17) is 0 Å². The van der Waals surface area contributed by atoms with Crippen LogP contribution in [0.1, 0.15) is 0 Å². The topological polar surface area (TPSA) is 63.7 Å². The molecular formula is C6H14N6. The Kier molecular flexibility index (Phi) is 2.89. The third-order valence-electron chi connectivity index (χ3n) is 1.47. The van der Waals surface area contributed by atoms with E-state index >= 15 is 0 Å². The zero-order valence-electron chi connectivity index (χ0n) is 7.47. The fourth-order valence-electron chi connectivity index (χ4n) is 0.819. The Labute approximate surface area is 71.6 Å². The first kappa shape index (κ1) is 8.82. The average Bonchev–Trinajstić information content (AvgIpc) is 2.16. The number of hydrazine groups is 3. The molecule has 0 saturated heterocycles. The van der Waals surface area contributed by atoms with E-state index in [1.807, 2.05) is 13.1 Å². The molecule has 0 atom stereocenters. The molecule has 12 heavy (non-hydrogen) atoms. The van der Waals surface area contributed by atoms with Crippen LogP contribution in [0.4, 0.5) is 0 Å². The SMILES string of the molecule is CN=C1C=C(NC)NN(NC)N1. The zero-order valence-corrected chi connectivity index (χ0v) is 7.47. The van der Waals surface area contributed by atoms with Gasteiger partial charge in [-0.3, -0.25) is 15.8 Å². The second kappa shape index (κ2) is 3.93. The van der Waals surface area contributed by atoms with E-state index in [1.54, 1.807) is 19.3 Å². The van der Waals surface area contributed by atoms with Gasteiger partial charge >= 0.3 is 0 Å². The Bertz CT molecular complexity index is 208. The Morgan fingerprint density at radius 3 is 2.67 bits per heavy atom. The normalized spacial score (nSPS) is 21.2. The van der Waals surface area contributed by atoms with Gasteiger partial charge in [0.15, 0.2) is 0 Å². The Morgan fingerprint density at radius 1 is 1.42 bits per heavy atom. The molecule has 1 rings (SSSR count). The van der Waals surface area contributed by atoms with Gasteiger partial charge in [-0.15, -0.1) is 0 Å². The highest BCUT2D eigenvalue weighted by Crippen LogP contribution is 1.91. The summed E-state index contributed by atoms with van der Waals surface area (Å²) in [6.45, 7) is 0. The van der Waals surface area contributed by atoms with Crippen LogP contribution in [0.25, 0.3) is 0 Å². The molecule has 0 aromatic carbocycles. The van der Waals surface area contributed by atoms with Crippen molar-refractivity contribution in [3.8, 4) is 0 Å². The average molecular weight is 170 g/mol. The summed E-state index contributed by atoms with van der Waals surface area (Å²) in [7, 11) is 5.36. The van der Waals surface area contributed by atoms with Crippen LogP contribution < -0.4 is 21.6 Å². The quantitative estimate of drug-likeness (QED) is 0.408. The van der Waals surface area contributed by atoms with Crippen molar-refractivity contribution >= 4 is 5.84 Å². The van der Waals surface area contributed by atoms with Crippen molar-refractivity contribution in [3.05, 3.63) is 11.9 Å². The maximum Gasteiger partial charge on any atom is 0.141 e. The van der Waals surface area contributed by atoms with Gasteiger partial charge in [0.05, 0.1) is 0 Å². The molecule has 1 aliphatic rings. The van der Waals surface area contributed by atoms with Gasteiger partial charge in [0.2, 0.25) is 0 Å². The molecule has 1 aliphatic heterocycles. The molecule has 4 N–H and O–H groups in total. The highest BCUT2D eigenvalue weighted by Gasteiger charge is 2.10. The molecule has 0 spiro atoms. The highest BCUT2D eigenvalue weighted by molar-refractivity contribution is 5.93. The molecule has 0 aromatic rings. The van der Waals surface area contributed by atoms with E-state index in [2.05, 4.69) is 26.6 Å². The summed E-state index contributed by atoms with van der Waals surface area (Å²) in [4.78, 5) is 4.01. The lowest BCUT2D eigenvalue weighted by Crippen LogP contribution is -2.60. The van der Waals surface area contributed by atoms with Crippen LogP contribution >= 0.6 is 0 Å². The Morgan fingerprint density at radius 2 is 2.17 bits per heavy atom. The molecule has 0 saturated carbocycles. The van der Waals surface area contributed by atoms with E-state index in [0.717, 1.165) is 11.7 Å². The fourth-order valence-corrected chi connectivity index (χ4v) is 0.819. The standard InChI is InChI=1S/C6H14N6/c1-7-5-4-6(8-2)11-12(9-3)10-5/h4,7,9-10H,1-3H3,(H,8,11). The number of nitrogens with zero attached hydrogens (tertiary/aromatic N) is 2. The first-order chi connectivity index (χ1) is 5.80. The Balaban J connectivity index is 2.71. The number of hydrogen-bond acceptors (Lipinski definition) is 5. The van der Waals surface area contributed by atoms with Gasteiger partial charge in [-0.05, 0) is 0 Å². The Hall–Kier alpha value is -1.27. The molecule has 0 unspecified atom stereocenters. The molecule has 1 heterocycles. The third kappa shape index (κ3) is 1.86. The summed E-state index contributed by atoms with van der Waals surface area (Å²) in [6.07, 6.45) is 1.87. The molecule has 0 fully saturated rings. The summed E-state index contributed by atoms with van der Waals surface area (Å²) in [5.74, 6) is 1.66. The summed E-state index contributed by atoms with van der Waals surface area (Å²) >= 11 is 0. The van der Waals surface area contributed by atoms with E-state index in [0.29, 0.717) is 0 Å². The number of aliphatic imine (C=N–C) groups is 1. The smallest absolute Gasteiger partial charge is 0.141 e. The van der Waals surface area contributed by atoms with Gasteiger partial charge in [-0.2, -0.15) is 0 Å². The summed E-state index contributed by atoms with van der Waals surface area (Å²) < 4.78 is 0. The van der Waals surface area contributed by atoms with Crippen LogP contribution in [0.2, 0.25) is 0 Å². The number of rotatable bonds is 2. The monoisotopic (exact) mass is 170 g/mol. The van der Waals surface area contributed by atoms with Crippen molar-refractivity contribution in [2.75, 3.05) is 21.1 Å². The van der Waals surface area contributed by atoms with E-state index < -0.39 is 0 Å². The van der Waals surface area contributed by atoms with Gasteiger partial charge in [-0.25, -0.2) is 5.43 Å². The largest absolute Gasteiger partial charge is 0.374 e. The molecule has 68 valence electrons. The van der Waals surface area contributed by atoms with Crippen LogP contribution in [0.3, 0.4) is 0 Å². The molecular weight excluding hydrogens is 156 g/mol. The minimum atomic E-state index is 0.785. The first-order valence-electron chi connectivity index (χ1n) is 3.67. The maximum absolute atomic E-state index is 4.01. The minimum Gasteiger partial charge on any atom is -0.374 e. The van der Waals surface area contributed by atoms with Gasteiger partial charge in [0.25, 0.3) is 0 Å². The maximum atomic E-state index is 4.01. The predicted octanol–water partition coefficient (Wildman–Crippen LogP) is -1.47. The summed E-state index contributed by atoms with van der Waals surface area (Å²) in [6, 6.07) is 0.